The Morgan fingerprint density at radius 3 is 2.80 bits per heavy atom. The van der Waals surface area contributed by atoms with Crippen LogP contribution in [0.25, 0.3) is 0 Å². The van der Waals surface area contributed by atoms with E-state index in [1.807, 2.05) is 13.1 Å². The third kappa shape index (κ3) is 5.45. The second-order valence-corrected chi connectivity index (χ2v) is 6.25. The maximum Gasteiger partial charge on any atom is 0.251 e. The van der Waals surface area contributed by atoms with Gasteiger partial charge in [-0.25, -0.2) is 0 Å². The standard InChI is InChI=1S/C19H23N3O3/c1-19(2,24)10-8-14-6-5-7-15(12-14)18(23)21-16(13-25-4)17-9-11-20-22(17)3/h5-7,9,11-12,16,24H,13H2,1-4H3,(H,21,23). The third-order valence-electron chi connectivity index (χ3n) is 3.49. The number of aryl methyl sites for hydroxylation is 1. The first-order chi connectivity index (χ1) is 11.8. The first-order valence-corrected chi connectivity index (χ1v) is 7.93. The average Bonchev–Trinajstić information content (AvgIpc) is 2.98. The van der Waals surface area contributed by atoms with Crippen LogP contribution >= 0.6 is 0 Å². The quantitative estimate of drug-likeness (QED) is 0.811. The molecule has 0 radical (unpaired) electrons. The molecular formula is C19H23N3O3. The van der Waals surface area contributed by atoms with Crippen LogP contribution in [0.4, 0.5) is 0 Å². The van der Waals surface area contributed by atoms with Gasteiger partial charge in [0.25, 0.3) is 5.91 Å². The number of methoxy groups -OCH3 is 1. The second kappa shape index (κ2) is 7.97. The van der Waals surface area contributed by atoms with Gasteiger partial charge >= 0.3 is 0 Å². The van der Waals surface area contributed by atoms with Gasteiger partial charge < -0.3 is 15.2 Å². The van der Waals surface area contributed by atoms with Crippen molar-refractivity contribution in [1.29, 1.82) is 0 Å². The number of rotatable bonds is 5. The molecule has 132 valence electrons. The molecule has 1 heterocycles. The molecule has 2 aromatic rings. The Hall–Kier alpha value is -2.62. The number of nitrogens with one attached hydrogen (secondary N) is 1. The molecule has 1 aromatic carbocycles. The monoisotopic (exact) mass is 341 g/mol. The summed E-state index contributed by atoms with van der Waals surface area (Å²) in [5, 5.41) is 16.8. The van der Waals surface area contributed by atoms with Crippen LogP contribution in [0.5, 0.6) is 0 Å². The Morgan fingerprint density at radius 1 is 1.44 bits per heavy atom. The zero-order chi connectivity index (χ0) is 18.4. The van der Waals surface area contributed by atoms with E-state index in [2.05, 4.69) is 22.3 Å². The number of hydrogen-bond donors (Lipinski definition) is 2. The zero-order valence-electron chi connectivity index (χ0n) is 14.9. The highest BCUT2D eigenvalue weighted by Gasteiger charge is 2.18. The van der Waals surface area contributed by atoms with Crippen molar-refractivity contribution in [3.63, 3.8) is 0 Å². The van der Waals surface area contributed by atoms with Gasteiger partial charge in [-0.1, -0.05) is 17.9 Å². The molecule has 1 amide bonds. The maximum atomic E-state index is 12.6. The van der Waals surface area contributed by atoms with Gasteiger partial charge in [0.1, 0.15) is 5.60 Å². The molecule has 0 saturated carbocycles. The normalized spacial score (nSPS) is 12.2. The van der Waals surface area contributed by atoms with Gasteiger partial charge in [0.05, 0.1) is 18.3 Å². The van der Waals surface area contributed by atoms with Crippen LogP contribution in [0.2, 0.25) is 0 Å². The number of aliphatic hydroxyl groups is 1. The molecule has 0 saturated heterocycles. The molecule has 6 heteroatoms. The lowest BCUT2D eigenvalue weighted by Crippen LogP contribution is -2.32. The zero-order valence-corrected chi connectivity index (χ0v) is 14.9. The Kier molecular flexibility index (Phi) is 5.97. The number of amides is 1. The van der Waals surface area contributed by atoms with E-state index in [4.69, 9.17) is 4.74 Å². The summed E-state index contributed by atoms with van der Waals surface area (Å²) < 4.78 is 6.92. The predicted octanol–water partition coefficient (Wildman–Crippen LogP) is 1.66. The van der Waals surface area contributed by atoms with E-state index >= 15 is 0 Å². The smallest absolute Gasteiger partial charge is 0.251 e. The summed E-state index contributed by atoms with van der Waals surface area (Å²) in [7, 11) is 3.40. The molecule has 0 bridgehead atoms. The predicted molar refractivity (Wildman–Crippen MR) is 94.9 cm³/mol. The minimum absolute atomic E-state index is 0.227. The number of benzene rings is 1. The molecular weight excluding hydrogens is 318 g/mol. The van der Waals surface area contributed by atoms with E-state index < -0.39 is 5.60 Å². The minimum Gasteiger partial charge on any atom is -0.382 e. The average molecular weight is 341 g/mol. The summed E-state index contributed by atoms with van der Waals surface area (Å²) in [6, 6.07) is 8.51. The molecule has 6 nitrogen and oxygen atoms in total. The minimum atomic E-state index is -1.08. The highest BCUT2D eigenvalue weighted by atomic mass is 16.5. The summed E-state index contributed by atoms with van der Waals surface area (Å²) in [6.07, 6.45) is 1.68. The van der Waals surface area contributed by atoms with Crippen molar-refractivity contribution in [2.75, 3.05) is 13.7 Å². The summed E-state index contributed by atoms with van der Waals surface area (Å²) in [4.78, 5) is 12.6. The first kappa shape index (κ1) is 18.7. The second-order valence-electron chi connectivity index (χ2n) is 6.25. The third-order valence-corrected chi connectivity index (χ3v) is 3.49. The number of ether oxygens (including phenoxy) is 1. The van der Waals surface area contributed by atoms with E-state index in [0.29, 0.717) is 17.7 Å². The Labute approximate surface area is 147 Å². The fourth-order valence-corrected chi connectivity index (χ4v) is 2.30. The van der Waals surface area contributed by atoms with Gasteiger partial charge in [0.2, 0.25) is 0 Å². The van der Waals surface area contributed by atoms with Crippen LogP contribution in [-0.2, 0) is 11.8 Å². The largest absolute Gasteiger partial charge is 0.382 e. The lowest BCUT2D eigenvalue weighted by molar-refractivity contribution is 0.0892. The van der Waals surface area contributed by atoms with E-state index in [1.54, 1.807) is 56.1 Å². The molecule has 0 aliphatic heterocycles. The number of carbonyl (C=O) groups is 1. The van der Waals surface area contributed by atoms with Crippen molar-refractivity contribution in [3.8, 4) is 11.8 Å². The van der Waals surface area contributed by atoms with Gasteiger partial charge in [-0.05, 0) is 38.1 Å². The van der Waals surface area contributed by atoms with Crippen molar-refractivity contribution < 1.29 is 14.6 Å². The summed E-state index contributed by atoms with van der Waals surface area (Å²) in [5.74, 6) is 5.39. The molecule has 0 aliphatic rings. The van der Waals surface area contributed by atoms with Gasteiger partial charge in [-0.15, -0.1) is 0 Å². The van der Waals surface area contributed by atoms with E-state index in [1.165, 1.54) is 0 Å². The van der Waals surface area contributed by atoms with Crippen LogP contribution in [0.1, 0.15) is 41.5 Å². The van der Waals surface area contributed by atoms with Crippen molar-refractivity contribution in [3.05, 3.63) is 53.3 Å². The Balaban J connectivity index is 2.19. The maximum absolute atomic E-state index is 12.6. The van der Waals surface area contributed by atoms with Crippen molar-refractivity contribution in [2.45, 2.75) is 25.5 Å². The van der Waals surface area contributed by atoms with Gasteiger partial charge in [-0.3, -0.25) is 9.48 Å². The fraction of sp³-hybridized carbons (Fsp3) is 0.368. The molecule has 1 unspecified atom stereocenters. The number of carbonyl (C=O) groups excluding carboxylic acids is 1. The van der Waals surface area contributed by atoms with Crippen LogP contribution < -0.4 is 5.32 Å². The molecule has 1 aromatic heterocycles. The molecule has 1 atom stereocenters. The highest BCUT2D eigenvalue weighted by molar-refractivity contribution is 5.94. The van der Waals surface area contributed by atoms with Gasteiger partial charge in [0, 0.05) is 31.5 Å². The Bertz CT molecular complexity index is 794. The van der Waals surface area contributed by atoms with Crippen LogP contribution in [0.3, 0.4) is 0 Å². The topological polar surface area (TPSA) is 76.4 Å². The SMILES string of the molecule is COCC(NC(=O)c1cccc(C#CC(C)(C)O)c1)c1ccnn1C. The van der Waals surface area contributed by atoms with Crippen molar-refractivity contribution >= 4 is 5.91 Å². The molecule has 0 fully saturated rings. The summed E-state index contributed by atoms with van der Waals surface area (Å²) in [6.45, 7) is 3.56. The lowest BCUT2D eigenvalue weighted by atomic mass is 10.1. The van der Waals surface area contributed by atoms with Crippen molar-refractivity contribution in [2.24, 2.45) is 7.05 Å². The molecule has 0 spiro atoms. The van der Waals surface area contributed by atoms with E-state index in [-0.39, 0.29) is 11.9 Å². The fourth-order valence-electron chi connectivity index (χ4n) is 2.30. The molecule has 0 aliphatic carbocycles. The van der Waals surface area contributed by atoms with Crippen LogP contribution in [0.15, 0.2) is 36.5 Å². The number of nitrogens with zero attached hydrogens (tertiary/aromatic N) is 2. The molecule has 2 rings (SSSR count). The lowest BCUT2D eigenvalue weighted by Gasteiger charge is -2.18. The van der Waals surface area contributed by atoms with Crippen LogP contribution in [-0.4, -0.2) is 40.1 Å². The van der Waals surface area contributed by atoms with E-state index in [0.717, 1.165) is 5.69 Å². The number of hydrogen-bond acceptors (Lipinski definition) is 4. The highest BCUT2D eigenvalue weighted by Crippen LogP contribution is 2.14. The molecule has 25 heavy (non-hydrogen) atoms. The van der Waals surface area contributed by atoms with Crippen LogP contribution in [0, 0.1) is 11.8 Å². The Morgan fingerprint density at radius 2 is 2.20 bits per heavy atom. The van der Waals surface area contributed by atoms with Crippen molar-refractivity contribution in [1.82, 2.24) is 15.1 Å². The summed E-state index contributed by atoms with van der Waals surface area (Å²) in [5.41, 5.74) is 0.930. The first-order valence-electron chi connectivity index (χ1n) is 7.93. The van der Waals surface area contributed by atoms with E-state index in [9.17, 15) is 9.90 Å². The summed E-state index contributed by atoms with van der Waals surface area (Å²) >= 11 is 0. The van der Waals surface area contributed by atoms with Gasteiger partial charge in [-0.2, -0.15) is 5.10 Å². The molecule has 2 N–H and O–H groups in total. The number of aromatic nitrogens is 2. The van der Waals surface area contributed by atoms with Gasteiger partial charge in [0.15, 0.2) is 0 Å².